The lowest BCUT2D eigenvalue weighted by Crippen LogP contribution is -1.93. The molecule has 0 heterocycles. The molecule has 0 spiro atoms. The molecule has 3 heteroatoms. The van der Waals surface area contributed by atoms with Crippen molar-refractivity contribution >= 4 is 11.9 Å². The molecule has 2 aromatic carbocycles. The third-order valence-corrected chi connectivity index (χ3v) is 2.34. The summed E-state index contributed by atoms with van der Waals surface area (Å²) in [5, 5.41) is 4.02. The number of rotatable bonds is 3. The zero-order chi connectivity index (χ0) is 12.8. The minimum Gasteiger partial charge on any atom is -0.279 e. The predicted octanol–water partition coefficient (Wildman–Crippen LogP) is 3.25. The highest BCUT2D eigenvalue weighted by atomic mass is 19.1. The van der Waals surface area contributed by atoms with E-state index in [0.29, 0.717) is 11.1 Å². The summed E-state index contributed by atoms with van der Waals surface area (Å²) in [5.74, 6) is 2.15. The summed E-state index contributed by atoms with van der Waals surface area (Å²) in [5.41, 5.74) is 4.87. The van der Waals surface area contributed by atoms with Crippen molar-refractivity contribution in [3.05, 3.63) is 65.5 Å². The van der Waals surface area contributed by atoms with Gasteiger partial charge in [-0.15, -0.1) is 6.42 Å². The van der Waals surface area contributed by atoms with Crippen molar-refractivity contribution in [2.45, 2.75) is 0 Å². The van der Waals surface area contributed by atoms with Gasteiger partial charge < -0.3 is 0 Å². The highest BCUT2D eigenvalue weighted by Gasteiger charge is 1.99. The van der Waals surface area contributed by atoms with E-state index in [4.69, 9.17) is 6.42 Å². The van der Waals surface area contributed by atoms with Gasteiger partial charge in [0, 0.05) is 11.1 Å². The summed E-state index contributed by atoms with van der Waals surface area (Å²) in [7, 11) is 0. The fourth-order valence-corrected chi connectivity index (χ4v) is 1.46. The summed E-state index contributed by atoms with van der Waals surface area (Å²) in [4.78, 5) is 0. The van der Waals surface area contributed by atoms with Crippen LogP contribution in [0.1, 0.15) is 11.1 Å². The van der Waals surface area contributed by atoms with Crippen molar-refractivity contribution in [2.75, 3.05) is 5.43 Å². The number of halogens is 1. The summed E-state index contributed by atoms with van der Waals surface area (Å²) in [6.07, 6.45) is 6.83. The van der Waals surface area contributed by atoms with Crippen LogP contribution in [0.4, 0.5) is 10.1 Å². The number of para-hydroxylation sites is 1. The quantitative estimate of drug-likeness (QED) is 0.495. The van der Waals surface area contributed by atoms with Gasteiger partial charge in [-0.25, -0.2) is 4.39 Å². The van der Waals surface area contributed by atoms with Crippen LogP contribution in [0.5, 0.6) is 0 Å². The summed E-state index contributed by atoms with van der Waals surface area (Å²) in [6, 6.07) is 13.7. The molecule has 2 aromatic rings. The topological polar surface area (TPSA) is 24.4 Å². The fraction of sp³-hybridized carbons (Fsp3) is 0. The molecule has 88 valence electrons. The minimum absolute atomic E-state index is 0.338. The largest absolute Gasteiger partial charge is 0.279 e. The standard InChI is InChI=1S/C15H11FN2/c1-2-12-8-9-14(16)10-13(12)11-17-18-15-6-4-3-5-7-15/h1,3-11,18H. The Labute approximate surface area is 105 Å². The number of benzene rings is 2. The Hall–Kier alpha value is -2.60. The molecular weight excluding hydrogens is 227 g/mol. The molecule has 0 aliphatic heterocycles. The van der Waals surface area contributed by atoms with Crippen LogP contribution in [0.25, 0.3) is 0 Å². The summed E-state index contributed by atoms with van der Waals surface area (Å²) in [6.45, 7) is 0. The molecule has 0 aliphatic rings. The maximum absolute atomic E-state index is 13.1. The van der Waals surface area contributed by atoms with Gasteiger partial charge in [0.25, 0.3) is 0 Å². The fourth-order valence-electron chi connectivity index (χ4n) is 1.46. The van der Waals surface area contributed by atoms with Gasteiger partial charge in [0.1, 0.15) is 5.82 Å². The molecule has 0 bridgehead atoms. The smallest absolute Gasteiger partial charge is 0.123 e. The van der Waals surface area contributed by atoms with Crippen molar-refractivity contribution in [2.24, 2.45) is 5.10 Å². The Morgan fingerprint density at radius 3 is 2.67 bits per heavy atom. The number of hydrogen-bond donors (Lipinski definition) is 1. The van der Waals surface area contributed by atoms with Gasteiger partial charge in [-0.05, 0) is 30.3 Å². The molecule has 2 nitrogen and oxygen atoms in total. The zero-order valence-corrected chi connectivity index (χ0v) is 9.60. The Kier molecular flexibility index (Phi) is 3.72. The van der Waals surface area contributed by atoms with E-state index in [2.05, 4.69) is 16.4 Å². The number of nitrogens with zero attached hydrogens (tertiary/aromatic N) is 1. The lowest BCUT2D eigenvalue weighted by Gasteiger charge is -2.00. The SMILES string of the molecule is C#Cc1ccc(F)cc1C=NNc1ccccc1. The molecule has 0 saturated carbocycles. The molecule has 1 N–H and O–H groups in total. The predicted molar refractivity (Wildman–Crippen MR) is 72.0 cm³/mol. The second kappa shape index (κ2) is 5.65. The molecule has 2 rings (SSSR count). The van der Waals surface area contributed by atoms with E-state index in [9.17, 15) is 4.39 Å². The molecule has 0 aromatic heterocycles. The third-order valence-electron chi connectivity index (χ3n) is 2.34. The molecule has 0 unspecified atom stereocenters. The molecule has 0 radical (unpaired) electrons. The number of anilines is 1. The number of hydrazone groups is 1. The molecular formula is C15H11FN2. The first-order valence-corrected chi connectivity index (χ1v) is 5.40. The minimum atomic E-state index is -0.338. The highest BCUT2D eigenvalue weighted by molar-refractivity contribution is 5.84. The molecule has 0 amide bonds. The van der Waals surface area contributed by atoms with Crippen LogP contribution in [-0.4, -0.2) is 6.21 Å². The van der Waals surface area contributed by atoms with Crippen molar-refractivity contribution in [1.29, 1.82) is 0 Å². The number of nitrogens with one attached hydrogen (secondary N) is 1. The summed E-state index contributed by atoms with van der Waals surface area (Å²) < 4.78 is 13.1. The third kappa shape index (κ3) is 2.96. The van der Waals surface area contributed by atoms with E-state index in [-0.39, 0.29) is 5.82 Å². The average molecular weight is 238 g/mol. The molecule has 0 saturated heterocycles. The number of hydrogen-bond acceptors (Lipinski definition) is 2. The van der Waals surface area contributed by atoms with Crippen LogP contribution in [0.2, 0.25) is 0 Å². The maximum Gasteiger partial charge on any atom is 0.123 e. The van der Waals surface area contributed by atoms with Gasteiger partial charge in [0.05, 0.1) is 11.9 Å². The van der Waals surface area contributed by atoms with E-state index >= 15 is 0 Å². The van der Waals surface area contributed by atoms with E-state index in [1.165, 1.54) is 18.3 Å². The zero-order valence-electron chi connectivity index (χ0n) is 9.60. The average Bonchev–Trinajstić information content (AvgIpc) is 2.40. The van der Waals surface area contributed by atoms with Crippen LogP contribution in [0.15, 0.2) is 53.6 Å². The first-order chi connectivity index (χ1) is 8.79. The van der Waals surface area contributed by atoms with Crippen LogP contribution in [-0.2, 0) is 0 Å². The first-order valence-electron chi connectivity index (χ1n) is 5.40. The maximum atomic E-state index is 13.1. The van der Waals surface area contributed by atoms with Crippen molar-refractivity contribution in [1.82, 2.24) is 0 Å². The van der Waals surface area contributed by atoms with Crippen LogP contribution < -0.4 is 5.43 Å². The van der Waals surface area contributed by atoms with E-state index in [0.717, 1.165) is 5.69 Å². The van der Waals surface area contributed by atoms with Crippen molar-refractivity contribution in [3.8, 4) is 12.3 Å². The van der Waals surface area contributed by atoms with Gasteiger partial charge in [-0.2, -0.15) is 5.10 Å². The Morgan fingerprint density at radius 1 is 1.17 bits per heavy atom. The second-order valence-corrected chi connectivity index (χ2v) is 3.61. The Balaban J connectivity index is 2.14. The van der Waals surface area contributed by atoms with Crippen molar-refractivity contribution < 1.29 is 4.39 Å². The van der Waals surface area contributed by atoms with Gasteiger partial charge in [-0.1, -0.05) is 24.1 Å². The van der Waals surface area contributed by atoms with Crippen LogP contribution in [0.3, 0.4) is 0 Å². The van der Waals surface area contributed by atoms with Crippen LogP contribution >= 0.6 is 0 Å². The molecule has 0 fully saturated rings. The lowest BCUT2D eigenvalue weighted by molar-refractivity contribution is 0.627. The van der Waals surface area contributed by atoms with Gasteiger partial charge >= 0.3 is 0 Å². The molecule has 18 heavy (non-hydrogen) atoms. The molecule has 0 aliphatic carbocycles. The number of terminal acetylenes is 1. The van der Waals surface area contributed by atoms with Gasteiger partial charge in [0.2, 0.25) is 0 Å². The lowest BCUT2D eigenvalue weighted by atomic mass is 10.1. The van der Waals surface area contributed by atoms with Gasteiger partial charge in [-0.3, -0.25) is 5.43 Å². The molecule has 0 atom stereocenters. The monoisotopic (exact) mass is 238 g/mol. The van der Waals surface area contributed by atoms with E-state index < -0.39 is 0 Å². The van der Waals surface area contributed by atoms with Crippen LogP contribution in [0, 0.1) is 18.2 Å². The Bertz CT molecular complexity index is 598. The Morgan fingerprint density at radius 2 is 1.94 bits per heavy atom. The van der Waals surface area contributed by atoms with Crippen molar-refractivity contribution in [3.63, 3.8) is 0 Å². The highest BCUT2D eigenvalue weighted by Crippen LogP contribution is 2.09. The summed E-state index contributed by atoms with van der Waals surface area (Å²) >= 11 is 0. The first kappa shape index (κ1) is 11.9. The normalized spacial score (nSPS) is 10.2. The van der Waals surface area contributed by atoms with E-state index in [1.54, 1.807) is 6.07 Å². The second-order valence-electron chi connectivity index (χ2n) is 3.61. The van der Waals surface area contributed by atoms with E-state index in [1.807, 2.05) is 30.3 Å². The van der Waals surface area contributed by atoms with Gasteiger partial charge in [0.15, 0.2) is 0 Å².